The zero-order valence-corrected chi connectivity index (χ0v) is 15.1. The van der Waals surface area contributed by atoms with Gasteiger partial charge in [0.05, 0.1) is 12.7 Å². The number of hydrogen-bond donors (Lipinski definition) is 1. The molecule has 0 aromatic heterocycles. The summed E-state index contributed by atoms with van der Waals surface area (Å²) in [5.74, 6) is -0.590. The predicted octanol–water partition coefficient (Wildman–Crippen LogP) is 2.75. The van der Waals surface area contributed by atoms with Crippen molar-refractivity contribution in [1.82, 2.24) is 4.90 Å². The molecule has 0 aliphatic heterocycles. The van der Waals surface area contributed by atoms with Crippen molar-refractivity contribution >= 4 is 23.5 Å². The molecule has 0 fully saturated rings. The normalized spacial score (nSPS) is 10.1. The molecule has 0 heterocycles. The summed E-state index contributed by atoms with van der Waals surface area (Å²) in [5.41, 5.74) is 2.65. The average Bonchev–Trinajstić information content (AvgIpc) is 2.66. The van der Waals surface area contributed by atoms with Gasteiger partial charge >= 0.3 is 5.97 Å². The van der Waals surface area contributed by atoms with E-state index in [1.165, 1.54) is 12.0 Å². The van der Waals surface area contributed by atoms with Gasteiger partial charge in [-0.3, -0.25) is 9.59 Å². The summed E-state index contributed by atoms with van der Waals surface area (Å²) in [4.78, 5) is 36.8. The van der Waals surface area contributed by atoms with Crippen LogP contribution in [0.4, 0.5) is 5.69 Å². The van der Waals surface area contributed by atoms with Crippen LogP contribution < -0.4 is 5.32 Å². The number of ether oxygens (including phenoxy) is 1. The Kier molecular flexibility index (Phi) is 6.49. The molecule has 2 aromatic carbocycles. The minimum absolute atomic E-state index is 0.0512. The summed E-state index contributed by atoms with van der Waals surface area (Å²) in [6.45, 7) is 0. The highest BCUT2D eigenvalue weighted by atomic mass is 16.5. The van der Waals surface area contributed by atoms with E-state index >= 15 is 0 Å². The summed E-state index contributed by atoms with van der Waals surface area (Å²) in [6, 6.07) is 13.8. The first-order valence-corrected chi connectivity index (χ1v) is 8.19. The van der Waals surface area contributed by atoms with Gasteiger partial charge in [0.15, 0.2) is 0 Å². The molecule has 0 aliphatic carbocycles. The maximum atomic E-state index is 12.1. The molecule has 0 bridgehead atoms. The topological polar surface area (TPSA) is 75.7 Å². The van der Waals surface area contributed by atoms with E-state index in [-0.39, 0.29) is 11.8 Å². The third-order valence-corrected chi connectivity index (χ3v) is 3.84. The van der Waals surface area contributed by atoms with Crippen molar-refractivity contribution in [2.24, 2.45) is 0 Å². The monoisotopic (exact) mass is 354 g/mol. The van der Waals surface area contributed by atoms with E-state index in [1.807, 2.05) is 12.1 Å². The first kappa shape index (κ1) is 19.2. The molecule has 6 heteroatoms. The SMILES string of the molecule is COC(=O)c1ccc(NC(=O)CCc2ccc(C(=O)N(C)C)cc2)cc1. The molecular weight excluding hydrogens is 332 g/mol. The number of carbonyl (C=O) groups is 3. The molecule has 0 saturated heterocycles. The van der Waals surface area contributed by atoms with Crippen LogP contribution in [0.25, 0.3) is 0 Å². The van der Waals surface area contributed by atoms with Crippen LogP contribution in [0, 0.1) is 0 Å². The zero-order chi connectivity index (χ0) is 19.1. The fraction of sp³-hybridized carbons (Fsp3) is 0.250. The van der Waals surface area contributed by atoms with E-state index in [0.717, 1.165) is 5.56 Å². The van der Waals surface area contributed by atoms with Gasteiger partial charge < -0.3 is 15.0 Å². The summed E-state index contributed by atoms with van der Waals surface area (Å²) >= 11 is 0. The molecule has 0 atom stereocenters. The Balaban J connectivity index is 1.86. The number of esters is 1. The number of hydrogen-bond acceptors (Lipinski definition) is 4. The summed E-state index contributed by atoms with van der Waals surface area (Å²) < 4.78 is 4.63. The number of nitrogens with one attached hydrogen (secondary N) is 1. The number of aryl methyl sites for hydroxylation is 1. The maximum absolute atomic E-state index is 12.1. The first-order valence-electron chi connectivity index (χ1n) is 8.19. The molecular formula is C20H22N2O4. The summed E-state index contributed by atoms with van der Waals surface area (Å²) in [7, 11) is 4.73. The van der Waals surface area contributed by atoms with Gasteiger partial charge in [-0.1, -0.05) is 12.1 Å². The molecule has 0 unspecified atom stereocenters. The van der Waals surface area contributed by atoms with E-state index in [2.05, 4.69) is 10.1 Å². The summed E-state index contributed by atoms with van der Waals surface area (Å²) in [5, 5.41) is 2.79. The van der Waals surface area contributed by atoms with Gasteiger partial charge in [0, 0.05) is 31.8 Å². The number of carbonyl (C=O) groups excluding carboxylic acids is 3. The largest absolute Gasteiger partial charge is 0.465 e. The van der Waals surface area contributed by atoms with Crippen LogP contribution in [0.5, 0.6) is 0 Å². The molecule has 0 radical (unpaired) electrons. The molecule has 1 N–H and O–H groups in total. The van der Waals surface area contributed by atoms with Crippen LogP contribution >= 0.6 is 0 Å². The van der Waals surface area contributed by atoms with Crippen LogP contribution in [0.3, 0.4) is 0 Å². The van der Waals surface area contributed by atoms with Crippen LogP contribution in [0.1, 0.15) is 32.7 Å². The smallest absolute Gasteiger partial charge is 0.337 e. The van der Waals surface area contributed by atoms with Crippen LogP contribution in [0.15, 0.2) is 48.5 Å². The number of amides is 2. The van der Waals surface area contributed by atoms with Crippen molar-refractivity contribution in [3.8, 4) is 0 Å². The lowest BCUT2D eigenvalue weighted by atomic mass is 10.1. The Hall–Kier alpha value is -3.15. The van der Waals surface area contributed by atoms with Crippen molar-refractivity contribution in [1.29, 1.82) is 0 Å². The van der Waals surface area contributed by atoms with E-state index in [4.69, 9.17) is 0 Å². The maximum Gasteiger partial charge on any atom is 0.337 e. The third-order valence-electron chi connectivity index (χ3n) is 3.84. The van der Waals surface area contributed by atoms with Crippen molar-refractivity contribution < 1.29 is 19.1 Å². The highest BCUT2D eigenvalue weighted by molar-refractivity contribution is 5.94. The van der Waals surface area contributed by atoms with Gasteiger partial charge in [0.1, 0.15) is 0 Å². The second kappa shape index (κ2) is 8.80. The van der Waals surface area contributed by atoms with Gasteiger partial charge in [-0.15, -0.1) is 0 Å². The van der Waals surface area contributed by atoms with Crippen LogP contribution in [0.2, 0.25) is 0 Å². The fourth-order valence-electron chi connectivity index (χ4n) is 2.36. The standard InChI is InChI=1S/C20H22N2O4/c1-22(2)19(24)15-7-4-14(5-8-15)6-13-18(23)21-17-11-9-16(10-12-17)20(25)26-3/h4-5,7-12H,6,13H2,1-3H3,(H,21,23). The average molecular weight is 354 g/mol. The van der Waals surface area contributed by atoms with Crippen molar-refractivity contribution in [2.75, 3.05) is 26.5 Å². The molecule has 0 aliphatic rings. The minimum Gasteiger partial charge on any atom is -0.465 e. The number of methoxy groups -OCH3 is 1. The Labute approximate surface area is 152 Å². The zero-order valence-electron chi connectivity index (χ0n) is 15.1. The Morgan fingerprint density at radius 1 is 0.923 bits per heavy atom. The summed E-state index contributed by atoms with van der Waals surface area (Å²) in [6.07, 6.45) is 0.891. The lowest BCUT2D eigenvalue weighted by molar-refractivity contribution is -0.116. The van der Waals surface area contributed by atoms with E-state index < -0.39 is 5.97 Å². The van der Waals surface area contributed by atoms with E-state index in [0.29, 0.717) is 29.7 Å². The van der Waals surface area contributed by atoms with Crippen molar-refractivity contribution in [2.45, 2.75) is 12.8 Å². The number of rotatable bonds is 6. The second-order valence-corrected chi connectivity index (χ2v) is 6.01. The predicted molar refractivity (Wildman–Crippen MR) is 99.2 cm³/mol. The minimum atomic E-state index is -0.418. The van der Waals surface area contributed by atoms with Crippen LogP contribution in [-0.2, 0) is 16.0 Å². The quantitative estimate of drug-likeness (QED) is 0.810. The van der Waals surface area contributed by atoms with Gasteiger partial charge in [-0.05, 0) is 48.4 Å². The number of anilines is 1. The highest BCUT2D eigenvalue weighted by Crippen LogP contribution is 2.12. The lowest BCUT2D eigenvalue weighted by Gasteiger charge is -2.10. The molecule has 0 spiro atoms. The molecule has 2 aromatic rings. The molecule has 136 valence electrons. The van der Waals surface area contributed by atoms with Crippen molar-refractivity contribution in [3.63, 3.8) is 0 Å². The van der Waals surface area contributed by atoms with Gasteiger partial charge in [-0.25, -0.2) is 4.79 Å². The Bertz CT molecular complexity index is 780. The van der Waals surface area contributed by atoms with E-state index in [1.54, 1.807) is 50.5 Å². The second-order valence-electron chi connectivity index (χ2n) is 6.01. The van der Waals surface area contributed by atoms with Gasteiger partial charge in [0.2, 0.25) is 5.91 Å². The van der Waals surface area contributed by atoms with Crippen LogP contribution in [-0.4, -0.2) is 43.9 Å². The molecule has 2 amide bonds. The van der Waals surface area contributed by atoms with Gasteiger partial charge in [-0.2, -0.15) is 0 Å². The Morgan fingerprint density at radius 3 is 2.04 bits per heavy atom. The Morgan fingerprint density at radius 2 is 1.50 bits per heavy atom. The number of nitrogens with zero attached hydrogens (tertiary/aromatic N) is 1. The van der Waals surface area contributed by atoms with Gasteiger partial charge in [0.25, 0.3) is 5.91 Å². The third kappa shape index (κ3) is 5.17. The fourth-order valence-corrected chi connectivity index (χ4v) is 2.36. The molecule has 2 rings (SSSR count). The highest BCUT2D eigenvalue weighted by Gasteiger charge is 2.09. The lowest BCUT2D eigenvalue weighted by Crippen LogP contribution is -2.21. The molecule has 26 heavy (non-hydrogen) atoms. The number of benzene rings is 2. The van der Waals surface area contributed by atoms with Crippen molar-refractivity contribution in [3.05, 3.63) is 65.2 Å². The van der Waals surface area contributed by atoms with E-state index in [9.17, 15) is 14.4 Å². The molecule has 6 nitrogen and oxygen atoms in total. The molecule has 0 saturated carbocycles. The first-order chi connectivity index (χ1) is 12.4.